The fraction of sp³-hybridized carbons (Fsp3) is 0.368. The van der Waals surface area contributed by atoms with Crippen LogP contribution in [0.25, 0.3) is 0 Å². The Balaban J connectivity index is 1.68. The lowest BCUT2D eigenvalue weighted by molar-refractivity contribution is 0.0950. The number of nitrogens with zero attached hydrogens (tertiary/aromatic N) is 1. The molecule has 1 saturated heterocycles. The predicted octanol–water partition coefficient (Wildman–Crippen LogP) is 1.87. The molecule has 1 fully saturated rings. The smallest absolute Gasteiger partial charge is 0.251 e. The standard InChI is InChI=1S/C19H23N3O4S/c1-14-4-2-3-11-22(14)27(25,26)17-8-6-16(7-9-17)19(24)21-13-15-5-10-18(23)20-12-15/h5-10,12,14H,2-4,11,13H2,1H3,(H,20,23)(H,21,24)/t14-/m1/s1. The molecule has 3 rings (SSSR count). The van der Waals surface area contributed by atoms with E-state index in [2.05, 4.69) is 10.3 Å². The number of sulfonamides is 1. The fourth-order valence-electron chi connectivity index (χ4n) is 3.18. The number of aromatic amines is 1. The Labute approximate surface area is 158 Å². The van der Waals surface area contributed by atoms with E-state index in [1.54, 1.807) is 10.4 Å². The zero-order chi connectivity index (χ0) is 19.4. The molecule has 0 aliphatic carbocycles. The van der Waals surface area contributed by atoms with Crippen LogP contribution >= 0.6 is 0 Å². The minimum atomic E-state index is -3.55. The second-order valence-electron chi connectivity index (χ2n) is 6.73. The van der Waals surface area contributed by atoms with Gasteiger partial charge in [0.2, 0.25) is 15.6 Å². The normalized spacial score (nSPS) is 18.2. The summed E-state index contributed by atoms with van der Waals surface area (Å²) in [6, 6.07) is 9.01. The Bertz CT molecular complexity index is 947. The number of pyridine rings is 1. The highest BCUT2D eigenvalue weighted by atomic mass is 32.2. The first-order valence-corrected chi connectivity index (χ1v) is 10.4. The van der Waals surface area contributed by atoms with Gasteiger partial charge in [-0.15, -0.1) is 0 Å². The van der Waals surface area contributed by atoms with Gasteiger partial charge in [-0.3, -0.25) is 9.59 Å². The van der Waals surface area contributed by atoms with Gasteiger partial charge in [0.1, 0.15) is 0 Å². The van der Waals surface area contributed by atoms with Gasteiger partial charge in [-0.25, -0.2) is 8.42 Å². The highest BCUT2D eigenvalue weighted by Crippen LogP contribution is 2.25. The van der Waals surface area contributed by atoms with Crippen LogP contribution in [0.15, 0.2) is 52.3 Å². The Kier molecular flexibility index (Phi) is 5.76. The summed E-state index contributed by atoms with van der Waals surface area (Å²) < 4.78 is 27.2. The summed E-state index contributed by atoms with van der Waals surface area (Å²) in [4.78, 5) is 26.0. The molecular formula is C19H23N3O4S. The van der Waals surface area contributed by atoms with E-state index in [0.717, 1.165) is 24.8 Å². The topological polar surface area (TPSA) is 99.3 Å². The number of benzene rings is 1. The maximum Gasteiger partial charge on any atom is 0.251 e. The maximum absolute atomic E-state index is 12.8. The Hall–Kier alpha value is -2.45. The molecule has 144 valence electrons. The number of carbonyl (C=O) groups excluding carboxylic acids is 1. The molecule has 1 aliphatic rings. The van der Waals surface area contributed by atoms with Crippen LogP contribution in [-0.2, 0) is 16.6 Å². The summed E-state index contributed by atoms with van der Waals surface area (Å²) in [5, 5.41) is 2.74. The van der Waals surface area contributed by atoms with E-state index in [1.165, 1.54) is 36.5 Å². The first kappa shape index (κ1) is 19.3. The zero-order valence-corrected chi connectivity index (χ0v) is 16.0. The monoisotopic (exact) mass is 389 g/mol. The summed E-state index contributed by atoms with van der Waals surface area (Å²) in [6.45, 7) is 2.72. The Morgan fingerprint density at radius 2 is 1.93 bits per heavy atom. The third kappa shape index (κ3) is 4.45. The molecular weight excluding hydrogens is 366 g/mol. The van der Waals surface area contributed by atoms with Gasteiger partial charge >= 0.3 is 0 Å². The van der Waals surface area contributed by atoms with Gasteiger partial charge in [0.05, 0.1) is 4.90 Å². The lowest BCUT2D eigenvalue weighted by atomic mass is 10.1. The van der Waals surface area contributed by atoms with Crippen LogP contribution in [0, 0.1) is 0 Å². The number of hydrogen-bond donors (Lipinski definition) is 2. The van der Waals surface area contributed by atoms with Crippen molar-refractivity contribution in [3.05, 3.63) is 64.1 Å². The van der Waals surface area contributed by atoms with Gasteiger partial charge in [-0.2, -0.15) is 4.31 Å². The predicted molar refractivity (Wildman–Crippen MR) is 102 cm³/mol. The second kappa shape index (κ2) is 8.06. The van der Waals surface area contributed by atoms with Crippen LogP contribution in [0.5, 0.6) is 0 Å². The van der Waals surface area contributed by atoms with Gasteiger partial charge < -0.3 is 10.3 Å². The van der Waals surface area contributed by atoms with Crippen molar-refractivity contribution < 1.29 is 13.2 Å². The molecule has 0 spiro atoms. The molecule has 7 nitrogen and oxygen atoms in total. The van der Waals surface area contributed by atoms with Gasteiger partial charge in [0.15, 0.2) is 0 Å². The van der Waals surface area contributed by atoms with Crippen molar-refractivity contribution in [2.24, 2.45) is 0 Å². The number of nitrogens with one attached hydrogen (secondary N) is 2. The number of H-pyrrole nitrogens is 1. The van der Waals surface area contributed by atoms with Crippen LogP contribution in [0.4, 0.5) is 0 Å². The van der Waals surface area contributed by atoms with E-state index in [1.807, 2.05) is 6.92 Å². The van der Waals surface area contributed by atoms with Crippen LogP contribution in [-0.4, -0.2) is 36.2 Å². The summed E-state index contributed by atoms with van der Waals surface area (Å²) in [5.74, 6) is -0.309. The highest BCUT2D eigenvalue weighted by Gasteiger charge is 2.30. The van der Waals surface area contributed by atoms with E-state index < -0.39 is 10.0 Å². The molecule has 1 aromatic carbocycles. The molecule has 1 amide bonds. The molecule has 2 N–H and O–H groups in total. The summed E-state index contributed by atoms with van der Waals surface area (Å²) in [6.07, 6.45) is 4.32. The van der Waals surface area contributed by atoms with Crippen molar-refractivity contribution in [1.29, 1.82) is 0 Å². The van der Waals surface area contributed by atoms with Crippen LogP contribution in [0.2, 0.25) is 0 Å². The quantitative estimate of drug-likeness (QED) is 0.815. The van der Waals surface area contributed by atoms with E-state index in [0.29, 0.717) is 12.1 Å². The lowest BCUT2D eigenvalue weighted by Crippen LogP contribution is -2.41. The summed E-state index contributed by atoms with van der Waals surface area (Å²) in [5.41, 5.74) is 0.941. The van der Waals surface area contributed by atoms with Crippen LogP contribution in [0.1, 0.15) is 42.1 Å². The molecule has 0 saturated carbocycles. The third-order valence-electron chi connectivity index (χ3n) is 4.77. The molecule has 2 aromatic rings. The van der Waals surface area contributed by atoms with Gasteiger partial charge in [0, 0.05) is 37.0 Å². The first-order valence-electron chi connectivity index (χ1n) is 8.95. The Morgan fingerprint density at radius 1 is 1.19 bits per heavy atom. The SMILES string of the molecule is C[C@@H]1CCCCN1S(=O)(=O)c1ccc(C(=O)NCc2ccc(=O)[nH]c2)cc1. The van der Waals surface area contributed by atoms with Crippen molar-refractivity contribution in [3.63, 3.8) is 0 Å². The Morgan fingerprint density at radius 3 is 2.56 bits per heavy atom. The molecule has 0 unspecified atom stereocenters. The molecule has 1 aliphatic heterocycles. The third-order valence-corrected chi connectivity index (χ3v) is 6.79. The van der Waals surface area contributed by atoms with Gasteiger partial charge in [0.25, 0.3) is 5.91 Å². The second-order valence-corrected chi connectivity index (χ2v) is 8.62. The first-order chi connectivity index (χ1) is 12.9. The zero-order valence-electron chi connectivity index (χ0n) is 15.1. The summed E-state index contributed by atoms with van der Waals surface area (Å²) in [7, 11) is -3.55. The average Bonchev–Trinajstić information content (AvgIpc) is 2.67. The average molecular weight is 389 g/mol. The molecule has 1 aromatic heterocycles. The van der Waals surface area contributed by atoms with Gasteiger partial charge in [-0.05, 0) is 49.6 Å². The number of hydrogen-bond acceptors (Lipinski definition) is 4. The minimum Gasteiger partial charge on any atom is -0.348 e. The van der Waals surface area contributed by atoms with E-state index >= 15 is 0 Å². The molecule has 0 bridgehead atoms. The lowest BCUT2D eigenvalue weighted by Gasteiger charge is -2.32. The maximum atomic E-state index is 12.8. The van der Waals surface area contributed by atoms with Crippen molar-refractivity contribution in [3.8, 4) is 0 Å². The molecule has 0 radical (unpaired) electrons. The molecule has 8 heteroatoms. The van der Waals surface area contributed by atoms with Crippen LogP contribution in [0.3, 0.4) is 0 Å². The number of amides is 1. The molecule has 27 heavy (non-hydrogen) atoms. The minimum absolute atomic E-state index is 0.0101. The molecule has 2 heterocycles. The van der Waals surface area contributed by atoms with Crippen molar-refractivity contribution >= 4 is 15.9 Å². The van der Waals surface area contributed by atoms with Crippen LogP contribution < -0.4 is 10.9 Å². The number of rotatable bonds is 5. The summed E-state index contributed by atoms with van der Waals surface area (Å²) >= 11 is 0. The van der Waals surface area contributed by atoms with Crippen molar-refractivity contribution in [2.45, 2.75) is 43.7 Å². The van der Waals surface area contributed by atoms with E-state index in [-0.39, 0.29) is 28.9 Å². The molecule has 1 atom stereocenters. The van der Waals surface area contributed by atoms with E-state index in [4.69, 9.17) is 0 Å². The highest BCUT2D eigenvalue weighted by molar-refractivity contribution is 7.89. The number of carbonyl (C=O) groups is 1. The fourth-order valence-corrected chi connectivity index (χ4v) is 4.88. The number of aromatic nitrogens is 1. The van der Waals surface area contributed by atoms with E-state index in [9.17, 15) is 18.0 Å². The van der Waals surface area contributed by atoms with Crippen molar-refractivity contribution in [1.82, 2.24) is 14.6 Å². The largest absolute Gasteiger partial charge is 0.348 e. The van der Waals surface area contributed by atoms with Gasteiger partial charge in [-0.1, -0.05) is 12.5 Å². The number of piperidine rings is 1. The van der Waals surface area contributed by atoms with Crippen molar-refractivity contribution in [2.75, 3.05) is 6.54 Å².